The Morgan fingerprint density at radius 1 is 1.12 bits per heavy atom. The maximum absolute atomic E-state index is 5.93. The maximum Gasteiger partial charge on any atom is 0.136 e. The molecule has 0 spiro atoms. The molecule has 0 atom stereocenters. The Morgan fingerprint density at radius 2 is 1.82 bits per heavy atom. The fraction of sp³-hybridized carbons (Fsp3) is 0.167. The fourth-order valence-corrected chi connectivity index (χ4v) is 2.54. The molecular formula is C12H10Cl2N2S. The molecule has 0 aliphatic heterocycles. The average molecular weight is 285 g/mol. The standard InChI is InChI=1S/C12H10Cl2N2S/c1-8-11(14)15-7-16-12(8)17-6-9-2-4-10(13)5-3-9/h2-5,7H,6H2,1H3. The number of aromatic nitrogens is 2. The molecular weight excluding hydrogens is 275 g/mol. The van der Waals surface area contributed by atoms with Crippen LogP contribution in [0.5, 0.6) is 0 Å². The van der Waals surface area contributed by atoms with Crippen LogP contribution in [0.15, 0.2) is 35.6 Å². The summed E-state index contributed by atoms with van der Waals surface area (Å²) in [5, 5.41) is 2.18. The molecule has 0 radical (unpaired) electrons. The maximum atomic E-state index is 5.93. The zero-order valence-electron chi connectivity index (χ0n) is 9.15. The van der Waals surface area contributed by atoms with Crippen molar-refractivity contribution >= 4 is 35.0 Å². The summed E-state index contributed by atoms with van der Waals surface area (Å²) in [5.74, 6) is 0.839. The highest BCUT2D eigenvalue weighted by Crippen LogP contribution is 2.26. The lowest BCUT2D eigenvalue weighted by molar-refractivity contribution is 1.00. The van der Waals surface area contributed by atoms with Crippen molar-refractivity contribution in [3.63, 3.8) is 0 Å². The second-order valence-corrected chi connectivity index (χ2v) is 5.27. The van der Waals surface area contributed by atoms with Crippen molar-refractivity contribution in [3.05, 3.63) is 51.9 Å². The van der Waals surface area contributed by atoms with Gasteiger partial charge in [0.1, 0.15) is 16.5 Å². The largest absolute Gasteiger partial charge is 0.230 e. The first-order chi connectivity index (χ1) is 8.16. The number of nitrogens with zero attached hydrogens (tertiary/aromatic N) is 2. The van der Waals surface area contributed by atoms with Gasteiger partial charge in [-0.25, -0.2) is 9.97 Å². The van der Waals surface area contributed by atoms with Gasteiger partial charge >= 0.3 is 0 Å². The summed E-state index contributed by atoms with van der Waals surface area (Å²) in [6, 6.07) is 7.79. The van der Waals surface area contributed by atoms with Gasteiger partial charge in [-0.3, -0.25) is 0 Å². The lowest BCUT2D eigenvalue weighted by atomic mass is 10.2. The molecule has 0 amide bonds. The third-order valence-corrected chi connectivity index (χ3v) is 4.06. The second kappa shape index (κ2) is 5.71. The first-order valence-corrected chi connectivity index (χ1v) is 6.75. The van der Waals surface area contributed by atoms with Gasteiger partial charge < -0.3 is 0 Å². The van der Waals surface area contributed by atoms with Gasteiger partial charge in [0, 0.05) is 16.3 Å². The molecule has 2 aromatic rings. The van der Waals surface area contributed by atoms with E-state index in [0.29, 0.717) is 5.15 Å². The topological polar surface area (TPSA) is 25.8 Å². The van der Waals surface area contributed by atoms with Crippen LogP contribution in [0.4, 0.5) is 0 Å². The van der Waals surface area contributed by atoms with Crippen LogP contribution < -0.4 is 0 Å². The number of rotatable bonds is 3. The van der Waals surface area contributed by atoms with E-state index < -0.39 is 0 Å². The van der Waals surface area contributed by atoms with Crippen LogP contribution >= 0.6 is 35.0 Å². The molecule has 88 valence electrons. The minimum absolute atomic E-state index is 0.513. The third-order valence-electron chi connectivity index (χ3n) is 2.27. The molecule has 1 aromatic heterocycles. The van der Waals surface area contributed by atoms with Crippen molar-refractivity contribution in [2.24, 2.45) is 0 Å². The van der Waals surface area contributed by atoms with Gasteiger partial charge in [0.25, 0.3) is 0 Å². The van der Waals surface area contributed by atoms with E-state index in [4.69, 9.17) is 23.2 Å². The van der Waals surface area contributed by atoms with Crippen LogP contribution in [0.3, 0.4) is 0 Å². The van der Waals surface area contributed by atoms with Crippen molar-refractivity contribution in [2.75, 3.05) is 0 Å². The van der Waals surface area contributed by atoms with Crippen LogP contribution in [0.25, 0.3) is 0 Å². The second-order valence-electron chi connectivity index (χ2n) is 3.51. The Kier molecular flexibility index (Phi) is 4.26. The summed E-state index contributed by atoms with van der Waals surface area (Å²) in [6.07, 6.45) is 1.49. The Morgan fingerprint density at radius 3 is 2.53 bits per heavy atom. The number of hydrogen-bond donors (Lipinski definition) is 0. The Labute approximate surface area is 114 Å². The molecule has 0 unspecified atom stereocenters. The van der Waals surface area contributed by atoms with Crippen molar-refractivity contribution in [2.45, 2.75) is 17.7 Å². The van der Waals surface area contributed by atoms with Gasteiger partial charge in [-0.15, -0.1) is 11.8 Å². The highest BCUT2D eigenvalue weighted by atomic mass is 35.5. The van der Waals surface area contributed by atoms with Crippen LogP contribution in [-0.2, 0) is 5.75 Å². The zero-order chi connectivity index (χ0) is 12.3. The SMILES string of the molecule is Cc1c(Cl)ncnc1SCc1ccc(Cl)cc1. The molecule has 2 nitrogen and oxygen atoms in total. The predicted octanol–water partition coefficient (Wildman–Crippen LogP) is 4.38. The molecule has 1 heterocycles. The highest BCUT2D eigenvalue weighted by molar-refractivity contribution is 7.98. The summed E-state index contributed by atoms with van der Waals surface area (Å²) in [7, 11) is 0. The predicted molar refractivity (Wildman–Crippen MR) is 72.8 cm³/mol. The van der Waals surface area contributed by atoms with Gasteiger partial charge in [-0.2, -0.15) is 0 Å². The molecule has 0 bridgehead atoms. The molecule has 5 heteroatoms. The normalized spacial score (nSPS) is 10.5. The third kappa shape index (κ3) is 3.35. The summed E-state index contributed by atoms with van der Waals surface area (Å²) >= 11 is 13.4. The highest BCUT2D eigenvalue weighted by Gasteiger charge is 2.05. The van der Waals surface area contributed by atoms with Crippen molar-refractivity contribution in [3.8, 4) is 0 Å². The molecule has 0 saturated heterocycles. The molecule has 1 aromatic carbocycles. The first kappa shape index (κ1) is 12.7. The molecule has 2 rings (SSSR count). The van der Waals surface area contributed by atoms with Crippen molar-refractivity contribution in [1.82, 2.24) is 9.97 Å². The minimum Gasteiger partial charge on any atom is -0.230 e. The van der Waals surface area contributed by atoms with Gasteiger partial charge in [-0.05, 0) is 24.6 Å². The summed E-state index contributed by atoms with van der Waals surface area (Å²) in [5.41, 5.74) is 2.13. The monoisotopic (exact) mass is 284 g/mol. The molecule has 0 saturated carbocycles. The minimum atomic E-state index is 0.513. The van der Waals surface area contributed by atoms with E-state index in [9.17, 15) is 0 Å². The number of benzene rings is 1. The summed E-state index contributed by atoms with van der Waals surface area (Å²) in [6.45, 7) is 1.92. The van der Waals surface area contributed by atoms with Crippen molar-refractivity contribution in [1.29, 1.82) is 0 Å². The number of halogens is 2. The van der Waals surface area contributed by atoms with Gasteiger partial charge in [0.15, 0.2) is 0 Å². The van der Waals surface area contributed by atoms with Crippen LogP contribution in [0, 0.1) is 6.92 Å². The summed E-state index contributed by atoms with van der Waals surface area (Å²) < 4.78 is 0. The van der Waals surface area contributed by atoms with Crippen molar-refractivity contribution < 1.29 is 0 Å². The average Bonchev–Trinajstić information content (AvgIpc) is 2.33. The van der Waals surface area contributed by atoms with Crippen LogP contribution in [0.1, 0.15) is 11.1 Å². The lowest BCUT2D eigenvalue weighted by Gasteiger charge is -2.05. The Hall–Kier alpha value is -0.770. The molecule has 17 heavy (non-hydrogen) atoms. The molecule has 0 N–H and O–H groups in total. The Bertz CT molecular complexity index is 514. The van der Waals surface area contributed by atoms with E-state index in [0.717, 1.165) is 21.4 Å². The molecule has 0 aliphatic rings. The van der Waals surface area contributed by atoms with E-state index in [1.165, 1.54) is 11.9 Å². The van der Waals surface area contributed by atoms with Crippen LogP contribution in [0.2, 0.25) is 10.2 Å². The van der Waals surface area contributed by atoms with E-state index in [2.05, 4.69) is 9.97 Å². The summed E-state index contributed by atoms with van der Waals surface area (Å²) in [4.78, 5) is 8.14. The van der Waals surface area contributed by atoms with Gasteiger partial charge in [0.05, 0.1) is 0 Å². The van der Waals surface area contributed by atoms with E-state index in [-0.39, 0.29) is 0 Å². The lowest BCUT2D eigenvalue weighted by Crippen LogP contribution is -1.90. The van der Waals surface area contributed by atoms with Gasteiger partial charge in [-0.1, -0.05) is 35.3 Å². The van der Waals surface area contributed by atoms with E-state index >= 15 is 0 Å². The van der Waals surface area contributed by atoms with E-state index in [1.54, 1.807) is 11.8 Å². The van der Waals surface area contributed by atoms with E-state index in [1.807, 2.05) is 31.2 Å². The Balaban J connectivity index is 2.07. The fourth-order valence-electron chi connectivity index (χ4n) is 1.29. The smallest absolute Gasteiger partial charge is 0.136 e. The van der Waals surface area contributed by atoms with Gasteiger partial charge in [0.2, 0.25) is 0 Å². The molecule has 0 fully saturated rings. The quantitative estimate of drug-likeness (QED) is 0.618. The molecule has 0 aliphatic carbocycles. The zero-order valence-corrected chi connectivity index (χ0v) is 11.5. The first-order valence-electron chi connectivity index (χ1n) is 5.01. The number of thioether (sulfide) groups is 1. The van der Waals surface area contributed by atoms with Crippen LogP contribution in [-0.4, -0.2) is 9.97 Å². The number of hydrogen-bond acceptors (Lipinski definition) is 3.